The largest absolute Gasteiger partial charge is 0.381 e. The van der Waals surface area contributed by atoms with Crippen LogP contribution in [0.2, 0.25) is 0 Å². The zero-order valence-electron chi connectivity index (χ0n) is 10.8. The van der Waals surface area contributed by atoms with Crippen LogP contribution in [0.15, 0.2) is 24.3 Å². The highest BCUT2D eigenvalue weighted by Gasteiger charge is 2.14. The number of amides is 1. The van der Waals surface area contributed by atoms with E-state index in [0.29, 0.717) is 12.5 Å². The Balaban J connectivity index is 2.04. The summed E-state index contributed by atoms with van der Waals surface area (Å²) in [7, 11) is 1.67. The SMILES string of the molecule is CNC(=O)Cc1ccccc1NC1CCCNC1. The predicted molar refractivity (Wildman–Crippen MR) is 73.7 cm³/mol. The van der Waals surface area contributed by atoms with E-state index in [-0.39, 0.29) is 5.91 Å². The van der Waals surface area contributed by atoms with Gasteiger partial charge in [0, 0.05) is 25.3 Å². The fourth-order valence-corrected chi connectivity index (χ4v) is 2.27. The fourth-order valence-electron chi connectivity index (χ4n) is 2.27. The Kier molecular flexibility index (Phi) is 4.59. The van der Waals surface area contributed by atoms with E-state index in [9.17, 15) is 4.79 Å². The summed E-state index contributed by atoms with van der Waals surface area (Å²) in [6.07, 6.45) is 2.82. The van der Waals surface area contributed by atoms with Gasteiger partial charge < -0.3 is 16.0 Å². The quantitative estimate of drug-likeness (QED) is 0.748. The molecule has 1 aromatic carbocycles. The number of carbonyl (C=O) groups is 1. The van der Waals surface area contributed by atoms with Crippen LogP contribution in [0.3, 0.4) is 0 Å². The molecule has 0 aliphatic carbocycles. The standard InChI is InChI=1S/C14H21N3O/c1-15-14(18)9-11-5-2-3-7-13(11)17-12-6-4-8-16-10-12/h2-3,5,7,12,16-17H,4,6,8-10H2,1H3,(H,15,18). The number of hydrogen-bond donors (Lipinski definition) is 3. The van der Waals surface area contributed by atoms with E-state index in [4.69, 9.17) is 0 Å². The van der Waals surface area contributed by atoms with Gasteiger partial charge in [0.05, 0.1) is 6.42 Å². The molecule has 3 N–H and O–H groups in total. The van der Waals surface area contributed by atoms with Crippen molar-refractivity contribution in [3.63, 3.8) is 0 Å². The first-order valence-electron chi connectivity index (χ1n) is 6.55. The van der Waals surface area contributed by atoms with Gasteiger partial charge in [-0.3, -0.25) is 4.79 Å². The summed E-state index contributed by atoms with van der Waals surface area (Å²) in [6.45, 7) is 2.10. The van der Waals surface area contributed by atoms with E-state index < -0.39 is 0 Å². The van der Waals surface area contributed by atoms with Gasteiger partial charge in [0.25, 0.3) is 0 Å². The van der Waals surface area contributed by atoms with Crippen molar-refractivity contribution in [1.82, 2.24) is 10.6 Å². The molecular weight excluding hydrogens is 226 g/mol. The molecule has 1 fully saturated rings. The molecule has 0 saturated carbocycles. The number of anilines is 1. The van der Waals surface area contributed by atoms with E-state index in [1.54, 1.807) is 7.05 Å². The average molecular weight is 247 g/mol. The number of piperidine rings is 1. The lowest BCUT2D eigenvalue weighted by Crippen LogP contribution is -2.38. The van der Waals surface area contributed by atoms with Gasteiger partial charge in [0.2, 0.25) is 5.91 Å². The highest BCUT2D eigenvalue weighted by Crippen LogP contribution is 2.18. The van der Waals surface area contributed by atoms with Gasteiger partial charge in [-0.25, -0.2) is 0 Å². The van der Waals surface area contributed by atoms with Crippen molar-refractivity contribution in [1.29, 1.82) is 0 Å². The Bertz CT molecular complexity index is 400. The molecule has 1 aliphatic rings. The zero-order chi connectivity index (χ0) is 12.8. The van der Waals surface area contributed by atoms with E-state index in [1.165, 1.54) is 12.8 Å². The maximum atomic E-state index is 11.5. The number of hydrogen-bond acceptors (Lipinski definition) is 3. The summed E-state index contributed by atoms with van der Waals surface area (Å²) in [5, 5.41) is 9.59. The lowest BCUT2D eigenvalue weighted by atomic mass is 10.0. The summed E-state index contributed by atoms with van der Waals surface area (Å²) in [5.41, 5.74) is 2.14. The average Bonchev–Trinajstić information content (AvgIpc) is 2.42. The van der Waals surface area contributed by atoms with Crippen LogP contribution in [0.1, 0.15) is 18.4 Å². The molecule has 0 bridgehead atoms. The number of para-hydroxylation sites is 1. The van der Waals surface area contributed by atoms with Crippen LogP contribution in [-0.2, 0) is 11.2 Å². The molecule has 4 heteroatoms. The molecule has 0 radical (unpaired) electrons. The summed E-state index contributed by atoms with van der Waals surface area (Å²) in [4.78, 5) is 11.5. The second kappa shape index (κ2) is 6.40. The Morgan fingerprint density at radius 1 is 1.44 bits per heavy atom. The number of rotatable bonds is 4. The summed E-state index contributed by atoms with van der Waals surface area (Å²) < 4.78 is 0. The van der Waals surface area contributed by atoms with Crippen LogP contribution in [0.25, 0.3) is 0 Å². The molecule has 1 amide bonds. The van der Waals surface area contributed by atoms with E-state index in [2.05, 4.69) is 16.0 Å². The summed E-state index contributed by atoms with van der Waals surface area (Å²) >= 11 is 0. The highest BCUT2D eigenvalue weighted by atomic mass is 16.1. The van der Waals surface area contributed by atoms with Crippen molar-refractivity contribution in [2.45, 2.75) is 25.3 Å². The minimum absolute atomic E-state index is 0.0472. The minimum Gasteiger partial charge on any atom is -0.381 e. The molecule has 1 aromatic rings. The van der Waals surface area contributed by atoms with Crippen molar-refractivity contribution in [2.24, 2.45) is 0 Å². The Labute approximate surface area is 108 Å². The molecule has 98 valence electrons. The van der Waals surface area contributed by atoms with Gasteiger partial charge in [-0.05, 0) is 31.0 Å². The first-order chi connectivity index (χ1) is 8.79. The first kappa shape index (κ1) is 12.9. The van der Waals surface area contributed by atoms with Crippen LogP contribution in [0, 0.1) is 0 Å². The second-order valence-electron chi connectivity index (χ2n) is 4.69. The Morgan fingerprint density at radius 2 is 2.28 bits per heavy atom. The van der Waals surface area contributed by atoms with Crippen LogP contribution in [0.4, 0.5) is 5.69 Å². The third-order valence-corrected chi connectivity index (χ3v) is 3.30. The van der Waals surface area contributed by atoms with Crippen LogP contribution in [0.5, 0.6) is 0 Å². The monoisotopic (exact) mass is 247 g/mol. The molecule has 2 rings (SSSR count). The molecule has 0 spiro atoms. The lowest BCUT2D eigenvalue weighted by molar-refractivity contribution is -0.119. The maximum absolute atomic E-state index is 11.5. The Hall–Kier alpha value is -1.55. The molecule has 4 nitrogen and oxygen atoms in total. The number of benzene rings is 1. The van der Waals surface area contributed by atoms with Gasteiger partial charge in [-0.1, -0.05) is 18.2 Å². The molecule has 0 aromatic heterocycles. The number of likely N-dealkylation sites (N-methyl/N-ethyl adjacent to an activating group) is 1. The van der Waals surface area contributed by atoms with Crippen molar-refractivity contribution < 1.29 is 4.79 Å². The van der Waals surface area contributed by atoms with Crippen molar-refractivity contribution >= 4 is 11.6 Å². The maximum Gasteiger partial charge on any atom is 0.224 e. The molecular formula is C14H21N3O. The fraction of sp³-hybridized carbons (Fsp3) is 0.500. The van der Waals surface area contributed by atoms with Gasteiger partial charge in [0.1, 0.15) is 0 Å². The molecule has 18 heavy (non-hydrogen) atoms. The second-order valence-corrected chi connectivity index (χ2v) is 4.69. The zero-order valence-corrected chi connectivity index (χ0v) is 10.8. The van der Waals surface area contributed by atoms with Crippen molar-refractivity contribution in [3.8, 4) is 0 Å². The number of nitrogens with one attached hydrogen (secondary N) is 3. The lowest BCUT2D eigenvalue weighted by Gasteiger charge is -2.26. The molecule has 1 atom stereocenters. The van der Waals surface area contributed by atoms with Crippen LogP contribution < -0.4 is 16.0 Å². The van der Waals surface area contributed by atoms with Gasteiger partial charge in [0.15, 0.2) is 0 Å². The van der Waals surface area contributed by atoms with Gasteiger partial charge in [-0.2, -0.15) is 0 Å². The third kappa shape index (κ3) is 3.47. The van der Waals surface area contributed by atoms with Gasteiger partial charge in [-0.15, -0.1) is 0 Å². The van der Waals surface area contributed by atoms with E-state index >= 15 is 0 Å². The summed E-state index contributed by atoms with van der Waals surface area (Å²) in [5.74, 6) is 0.0472. The first-order valence-corrected chi connectivity index (χ1v) is 6.55. The van der Waals surface area contributed by atoms with Crippen LogP contribution in [-0.4, -0.2) is 32.1 Å². The molecule has 1 heterocycles. The smallest absolute Gasteiger partial charge is 0.224 e. The third-order valence-electron chi connectivity index (χ3n) is 3.30. The van der Waals surface area contributed by atoms with Gasteiger partial charge >= 0.3 is 0 Å². The van der Waals surface area contributed by atoms with Crippen molar-refractivity contribution in [2.75, 3.05) is 25.5 Å². The predicted octanol–water partition coefficient (Wildman–Crippen LogP) is 1.14. The molecule has 1 unspecified atom stereocenters. The molecule has 1 saturated heterocycles. The summed E-state index contributed by atoms with van der Waals surface area (Å²) in [6, 6.07) is 8.50. The topological polar surface area (TPSA) is 53.2 Å². The van der Waals surface area contributed by atoms with Crippen molar-refractivity contribution in [3.05, 3.63) is 29.8 Å². The highest BCUT2D eigenvalue weighted by molar-refractivity contribution is 5.80. The molecule has 1 aliphatic heterocycles. The van der Waals surface area contributed by atoms with Crippen LogP contribution >= 0.6 is 0 Å². The Morgan fingerprint density at radius 3 is 3.00 bits per heavy atom. The number of carbonyl (C=O) groups excluding carboxylic acids is 1. The van der Waals surface area contributed by atoms with E-state index in [0.717, 1.165) is 24.3 Å². The minimum atomic E-state index is 0.0472. The normalized spacial score (nSPS) is 19.3. The van der Waals surface area contributed by atoms with E-state index in [1.807, 2.05) is 24.3 Å².